The molecule has 1 fully saturated rings. The van der Waals surface area contributed by atoms with Crippen molar-refractivity contribution in [1.29, 1.82) is 0 Å². The fraction of sp³-hybridized carbons (Fsp3) is 0.846. The van der Waals surface area contributed by atoms with Gasteiger partial charge in [0, 0.05) is 12.6 Å². The highest BCUT2D eigenvalue weighted by atomic mass is 16.4. The normalized spacial score (nSPS) is 24.8. The van der Waals surface area contributed by atoms with Crippen LogP contribution in [0.1, 0.15) is 39.5 Å². The predicted molar refractivity (Wildman–Crippen MR) is 70.8 cm³/mol. The molecule has 4 N–H and O–H groups in total. The average Bonchev–Trinajstić information content (AvgIpc) is 2.35. The number of aliphatic hydroxyl groups is 1. The van der Waals surface area contributed by atoms with E-state index in [1.54, 1.807) is 13.8 Å². The van der Waals surface area contributed by atoms with Crippen LogP contribution in [0, 0.1) is 11.8 Å². The lowest BCUT2D eigenvalue weighted by atomic mass is 9.86. The number of amides is 2. The number of carbonyl (C=O) groups is 2. The van der Waals surface area contributed by atoms with E-state index in [1.165, 1.54) is 0 Å². The fourth-order valence-electron chi connectivity index (χ4n) is 2.47. The highest BCUT2D eigenvalue weighted by molar-refractivity contribution is 5.82. The van der Waals surface area contributed by atoms with Gasteiger partial charge in [0.05, 0.1) is 0 Å². The second-order valence-electron chi connectivity index (χ2n) is 5.59. The van der Waals surface area contributed by atoms with Crippen LogP contribution in [-0.4, -0.2) is 40.9 Å². The standard InChI is InChI=1S/C13H24N2O4/c1-8(2)11(12(17)18)15-13(19)14-10-5-3-4-9(6-10)7-16/h8-11,16H,3-7H2,1-2H3,(H,17,18)(H2,14,15,19)/t9?,10?,11-/m1/s1. The third-order valence-electron chi connectivity index (χ3n) is 3.60. The minimum absolute atomic E-state index is 0.0208. The molecule has 6 nitrogen and oxygen atoms in total. The zero-order valence-corrected chi connectivity index (χ0v) is 11.6. The molecule has 110 valence electrons. The Morgan fingerprint density at radius 2 is 2.00 bits per heavy atom. The van der Waals surface area contributed by atoms with Crippen LogP contribution < -0.4 is 10.6 Å². The van der Waals surface area contributed by atoms with Gasteiger partial charge in [-0.25, -0.2) is 9.59 Å². The lowest BCUT2D eigenvalue weighted by Crippen LogP contribution is -2.51. The van der Waals surface area contributed by atoms with E-state index < -0.39 is 18.0 Å². The van der Waals surface area contributed by atoms with Gasteiger partial charge in [-0.2, -0.15) is 0 Å². The maximum Gasteiger partial charge on any atom is 0.326 e. The zero-order chi connectivity index (χ0) is 14.4. The first-order chi connectivity index (χ1) is 8.93. The van der Waals surface area contributed by atoms with Gasteiger partial charge in [-0.15, -0.1) is 0 Å². The molecule has 2 unspecified atom stereocenters. The average molecular weight is 272 g/mol. The lowest BCUT2D eigenvalue weighted by Gasteiger charge is -2.29. The van der Waals surface area contributed by atoms with Crippen LogP contribution in [0.4, 0.5) is 4.79 Å². The molecule has 0 aromatic rings. The van der Waals surface area contributed by atoms with Crippen molar-refractivity contribution in [2.45, 2.75) is 51.6 Å². The van der Waals surface area contributed by atoms with E-state index in [4.69, 9.17) is 10.2 Å². The zero-order valence-electron chi connectivity index (χ0n) is 11.6. The molecule has 0 heterocycles. The van der Waals surface area contributed by atoms with Crippen molar-refractivity contribution in [3.63, 3.8) is 0 Å². The van der Waals surface area contributed by atoms with Crippen molar-refractivity contribution in [3.8, 4) is 0 Å². The highest BCUT2D eigenvalue weighted by Gasteiger charge is 2.26. The Hall–Kier alpha value is -1.30. The molecule has 0 spiro atoms. The maximum absolute atomic E-state index is 11.8. The number of carboxylic acid groups (broad SMARTS) is 1. The third-order valence-corrected chi connectivity index (χ3v) is 3.60. The van der Waals surface area contributed by atoms with Gasteiger partial charge < -0.3 is 20.8 Å². The van der Waals surface area contributed by atoms with E-state index in [1.807, 2.05) is 0 Å². The minimum Gasteiger partial charge on any atom is -0.480 e. The molecule has 1 aliphatic carbocycles. The van der Waals surface area contributed by atoms with Crippen LogP contribution in [0.25, 0.3) is 0 Å². The Morgan fingerprint density at radius 1 is 1.32 bits per heavy atom. The molecule has 6 heteroatoms. The second kappa shape index (κ2) is 7.33. The van der Waals surface area contributed by atoms with Gasteiger partial charge in [0.25, 0.3) is 0 Å². The van der Waals surface area contributed by atoms with E-state index in [2.05, 4.69) is 10.6 Å². The molecule has 2 amide bonds. The third kappa shape index (κ3) is 5.06. The van der Waals surface area contributed by atoms with E-state index >= 15 is 0 Å². The van der Waals surface area contributed by atoms with Gasteiger partial charge >= 0.3 is 12.0 Å². The van der Waals surface area contributed by atoms with Crippen LogP contribution in [0.3, 0.4) is 0 Å². The van der Waals surface area contributed by atoms with E-state index in [0.717, 1.165) is 25.7 Å². The predicted octanol–water partition coefficient (Wildman–Crippen LogP) is 0.946. The molecule has 0 aliphatic heterocycles. The smallest absolute Gasteiger partial charge is 0.326 e. The van der Waals surface area contributed by atoms with Crippen LogP contribution in [0.5, 0.6) is 0 Å². The number of carboxylic acids is 1. The van der Waals surface area contributed by atoms with Crippen molar-refractivity contribution in [2.75, 3.05) is 6.61 Å². The number of rotatable bonds is 5. The summed E-state index contributed by atoms with van der Waals surface area (Å²) in [6.45, 7) is 3.65. The molecule has 19 heavy (non-hydrogen) atoms. The second-order valence-corrected chi connectivity index (χ2v) is 5.59. The van der Waals surface area contributed by atoms with Crippen LogP contribution in [0.2, 0.25) is 0 Å². The number of carbonyl (C=O) groups excluding carboxylic acids is 1. The Kier molecular flexibility index (Phi) is 6.08. The minimum atomic E-state index is -1.03. The van der Waals surface area contributed by atoms with Crippen molar-refractivity contribution in [2.24, 2.45) is 11.8 Å². The summed E-state index contributed by atoms with van der Waals surface area (Å²) in [5.41, 5.74) is 0. The molecular formula is C13H24N2O4. The molecule has 0 aromatic carbocycles. The van der Waals surface area contributed by atoms with Crippen molar-refractivity contribution in [1.82, 2.24) is 10.6 Å². The number of hydrogen-bond donors (Lipinski definition) is 4. The first-order valence-electron chi connectivity index (χ1n) is 6.84. The summed E-state index contributed by atoms with van der Waals surface area (Å²) in [4.78, 5) is 22.8. The molecule has 0 saturated heterocycles. The van der Waals surface area contributed by atoms with Crippen molar-refractivity contribution < 1.29 is 19.8 Å². The SMILES string of the molecule is CC(C)[C@@H](NC(=O)NC1CCCC(CO)C1)C(=O)O. The van der Waals surface area contributed by atoms with Crippen molar-refractivity contribution >= 4 is 12.0 Å². The maximum atomic E-state index is 11.8. The summed E-state index contributed by atoms with van der Waals surface area (Å²) in [5.74, 6) is -0.957. The fourth-order valence-corrected chi connectivity index (χ4v) is 2.47. The van der Waals surface area contributed by atoms with Gasteiger partial charge in [0.15, 0.2) is 0 Å². The highest BCUT2D eigenvalue weighted by Crippen LogP contribution is 2.23. The van der Waals surface area contributed by atoms with Gasteiger partial charge in [-0.3, -0.25) is 0 Å². The number of hydrogen-bond acceptors (Lipinski definition) is 3. The van der Waals surface area contributed by atoms with Gasteiger partial charge in [0.1, 0.15) is 6.04 Å². The van der Waals surface area contributed by atoms with Gasteiger partial charge in [-0.1, -0.05) is 20.3 Å². The summed E-state index contributed by atoms with van der Waals surface area (Å²) < 4.78 is 0. The Bertz CT molecular complexity index is 320. The Balaban J connectivity index is 2.43. The molecule has 3 atom stereocenters. The van der Waals surface area contributed by atoms with Crippen LogP contribution >= 0.6 is 0 Å². The monoisotopic (exact) mass is 272 g/mol. The first kappa shape index (κ1) is 15.8. The summed E-state index contributed by atoms with van der Waals surface area (Å²) in [6, 6.07) is -1.30. The van der Waals surface area contributed by atoms with E-state index in [0.29, 0.717) is 0 Å². The van der Waals surface area contributed by atoms with Crippen LogP contribution in [-0.2, 0) is 4.79 Å². The van der Waals surface area contributed by atoms with Gasteiger partial charge in [-0.05, 0) is 31.1 Å². The number of aliphatic hydroxyl groups excluding tert-OH is 1. The summed E-state index contributed by atoms with van der Waals surface area (Å²) in [7, 11) is 0. The molecular weight excluding hydrogens is 248 g/mol. The van der Waals surface area contributed by atoms with Crippen molar-refractivity contribution in [3.05, 3.63) is 0 Å². The van der Waals surface area contributed by atoms with E-state index in [9.17, 15) is 9.59 Å². The van der Waals surface area contributed by atoms with Gasteiger partial charge in [0.2, 0.25) is 0 Å². The molecule has 0 aromatic heterocycles. The van der Waals surface area contributed by atoms with Crippen LogP contribution in [0.15, 0.2) is 0 Å². The Morgan fingerprint density at radius 3 is 2.53 bits per heavy atom. The number of aliphatic carboxylic acids is 1. The summed E-state index contributed by atoms with van der Waals surface area (Å²) in [5, 5.41) is 23.4. The Labute approximate surface area is 113 Å². The largest absolute Gasteiger partial charge is 0.480 e. The molecule has 0 bridgehead atoms. The topological polar surface area (TPSA) is 98.7 Å². The number of nitrogens with one attached hydrogen (secondary N) is 2. The molecule has 1 rings (SSSR count). The lowest BCUT2D eigenvalue weighted by molar-refractivity contribution is -0.140. The quantitative estimate of drug-likeness (QED) is 0.598. The molecule has 1 aliphatic rings. The molecule has 1 saturated carbocycles. The molecule has 0 radical (unpaired) electrons. The summed E-state index contributed by atoms with van der Waals surface area (Å²) >= 11 is 0. The number of urea groups is 1. The summed E-state index contributed by atoms with van der Waals surface area (Å²) in [6.07, 6.45) is 3.59. The first-order valence-corrected chi connectivity index (χ1v) is 6.84. The van der Waals surface area contributed by atoms with E-state index in [-0.39, 0.29) is 24.5 Å².